The first-order valence-corrected chi connectivity index (χ1v) is 19.1. The molecule has 2 saturated heterocycles. The second kappa shape index (κ2) is 19.7. The minimum atomic E-state index is -1.49. The van der Waals surface area contributed by atoms with Gasteiger partial charge < -0.3 is 44.4 Å². The molecule has 10 atom stereocenters. The molecule has 12 nitrogen and oxygen atoms in total. The lowest BCUT2D eigenvalue weighted by Gasteiger charge is -2.37. The number of nitrogens with zero attached hydrogens (tertiary/aromatic N) is 3. The zero-order valence-electron chi connectivity index (χ0n) is 32.4. The van der Waals surface area contributed by atoms with Gasteiger partial charge in [-0.05, 0) is 64.8 Å². The van der Waals surface area contributed by atoms with Gasteiger partial charge in [0.1, 0.15) is 11.7 Å². The Morgan fingerprint density at radius 2 is 1.86 bits per heavy atom. The minimum Gasteiger partial charge on any atom is -0.457 e. The average molecular weight is 722 g/mol. The van der Waals surface area contributed by atoms with E-state index in [9.17, 15) is 30.0 Å². The first kappa shape index (κ1) is 43.1. The van der Waals surface area contributed by atoms with Crippen LogP contribution in [0.25, 0.3) is 0 Å². The number of piperazine rings is 1. The highest BCUT2D eigenvalue weighted by atomic mass is 16.6. The molecular weight excluding hydrogens is 654 g/mol. The molecule has 0 aromatic rings. The third-order valence-corrected chi connectivity index (χ3v) is 10.9. The van der Waals surface area contributed by atoms with Crippen LogP contribution in [0.3, 0.4) is 0 Å². The van der Waals surface area contributed by atoms with Gasteiger partial charge >= 0.3 is 12.1 Å². The summed E-state index contributed by atoms with van der Waals surface area (Å²) in [7, 11) is 0. The summed E-state index contributed by atoms with van der Waals surface area (Å²) in [5, 5.41) is 43.4. The summed E-state index contributed by atoms with van der Waals surface area (Å²) in [6.45, 7) is 21.7. The highest BCUT2D eigenvalue weighted by molar-refractivity contribution is 5.70. The number of carbonyl (C=O) groups is 2. The maximum Gasteiger partial charge on any atom is 0.410 e. The van der Waals surface area contributed by atoms with Gasteiger partial charge in [-0.15, -0.1) is 0 Å². The van der Waals surface area contributed by atoms with Crippen molar-refractivity contribution in [2.45, 2.75) is 135 Å². The number of epoxide rings is 1. The molecule has 1 amide bonds. The van der Waals surface area contributed by atoms with Crippen molar-refractivity contribution in [3.63, 3.8) is 0 Å². The zero-order chi connectivity index (χ0) is 37.9. The number of hydrogen-bond acceptors (Lipinski definition) is 11. The van der Waals surface area contributed by atoms with Gasteiger partial charge in [0.25, 0.3) is 0 Å². The van der Waals surface area contributed by atoms with Crippen LogP contribution in [0.1, 0.15) is 87.5 Å². The second-order valence-corrected chi connectivity index (χ2v) is 15.4. The van der Waals surface area contributed by atoms with Crippen molar-refractivity contribution >= 4 is 12.1 Å². The molecule has 292 valence electrons. The highest BCUT2D eigenvalue weighted by Crippen LogP contribution is 2.37. The van der Waals surface area contributed by atoms with E-state index >= 15 is 0 Å². The van der Waals surface area contributed by atoms with Crippen molar-refractivity contribution in [3.8, 4) is 0 Å². The fraction of sp³-hybridized carbons (Fsp3) is 0.795. The van der Waals surface area contributed by atoms with E-state index < -0.39 is 47.7 Å². The molecule has 0 radical (unpaired) electrons. The maximum absolute atomic E-state index is 13.4. The molecule has 10 unspecified atom stereocenters. The van der Waals surface area contributed by atoms with Gasteiger partial charge in [-0.3, -0.25) is 9.69 Å². The number of cyclic esters (lactones) is 1. The number of rotatable bonds is 14. The van der Waals surface area contributed by atoms with Crippen LogP contribution in [0.15, 0.2) is 36.0 Å². The van der Waals surface area contributed by atoms with E-state index in [2.05, 4.69) is 23.6 Å². The van der Waals surface area contributed by atoms with Gasteiger partial charge in [0.15, 0.2) is 6.10 Å². The molecule has 3 heterocycles. The zero-order valence-corrected chi connectivity index (χ0v) is 32.4. The van der Waals surface area contributed by atoms with Crippen molar-refractivity contribution in [1.82, 2.24) is 14.7 Å². The Morgan fingerprint density at radius 3 is 2.49 bits per heavy atom. The fourth-order valence-electron chi connectivity index (χ4n) is 6.96. The van der Waals surface area contributed by atoms with E-state index in [0.29, 0.717) is 31.5 Å². The number of ether oxygens (including phenoxy) is 3. The van der Waals surface area contributed by atoms with Crippen molar-refractivity contribution in [2.24, 2.45) is 11.8 Å². The van der Waals surface area contributed by atoms with Gasteiger partial charge in [0.05, 0.1) is 36.4 Å². The molecule has 0 spiro atoms. The van der Waals surface area contributed by atoms with Crippen molar-refractivity contribution in [3.05, 3.63) is 36.0 Å². The smallest absolute Gasteiger partial charge is 0.410 e. The molecule has 51 heavy (non-hydrogen) atoms. The Kier molecular flexibility index (Phi) is 16.6. The number of esters is 1. The van der Waals surface area contributed by atoms with Gasteiger partial charge in [-0.25, -0.2) is 4.79 Å². The number of aliphatic hydroxyl groups is 4. The fourth-order valence-corrected chi connectivity index (χ4v) is 6.96. The van der Waals surface area contributed by atoms with Crippen LogP contribution < -0.4 is 0 Å². The summed E-state index contributed by atoms with van der Waals surface area (Å²) in [5.74, 6) is -0.953. The monoisotopic (exact) mass is 721 g/mol. The number of likely N-dealkylation sites (N-methyl/N-ethyl adjacent to an activating group) is 1. The Labute approximate surface area is 306 Å². The molecule has 3 rings (SSSR count). The third-order valence-electron chi connectivity index (χ3n) is 10.9. The molecule has 0 bridgehead atoms. The first-order valence-electron chi connectivity index (χ1n) is 19.1. The lowest BCUT2D eigenvalue weighted by atomic mass is 9.88. The Balaban J connectivity index is 1.69. The average Bonchev–Trinajstić information content (AvgIpc) is 3.85. The lowest BCUT2D eigenvalue weighted by molar-refractivity contribution is -0.151. The van der Waals surface area contributed by atoms with E-state index in [4.69, 9.17) is 14.2 Å². The van der Waals surface area contributed by atoms with Crippen molar-refractivity contribution in [1.29, 1.82) is 0 Å². The number of amides is 1. The molecule has 3 aliphatic rings. The summed E-state index contributed by atoms with van der Waals surface area (Å²) >= 11 is 0. The SMILES string of the molecule is CCC(O)C(C)C1OC1CC(C)(O)C=CC=C(C)C1OC(=O)CC(O)CCC(C)(O)C(OC(=O)N2CCN(CCN(CC)CC)CC2)C=CC1C. The highest BCUT2D eigenvalue weighted by Gasteiger charge is 2.47. The molecule has 3 aliphatic heterocycles. The third kappa shape index (κ3) is 13.6. The van der Waals surface area contributed by atoms with Gasteiger partial charge in [-0.2, -0.15) is 0 Å². The van der Waals surface area contributed by atoms with E-state index in [1.165, 1.54) is 0 Å². The summed E-state index contributed by atoms with van der Waals surface area (Å²) in [5.41, 5.74) is -1.95. The number of carbonyl (C=O) groups excluding carboxylic acids is 2. The largest absolute Gasteiger partial charge is 0.457 e. The topological polar surface area (TPSA) is 156 Å². The molecule has 0 aromatic carbocycles. The Morgan fingerprint density at radius 1 is 1.20 bits per heavy atom. The van der Waals surface area contributed by atoms with E-state index in [0.717, 1.165) is 39.3 Å². The minimum absolute atomic E-state index is 0.0130. The Hall–Kier alpha value is -2.32. The van der Waals surface area contributed by atoms with Crippen LogP contribution in [0.5, 0.6) is 0 Å². The molecule has 0 aromatic heterocycles. The van der Waals surface area contributed by atoms with Crippen LogP contribution >= 0.6 is 0 Å². The van der Waals surface area contributed by atoms with Crippen LogP contribution in [0.4, 0.5) is 4.79 Å². The second-order valence-electron chi connectivity index (χ2n) is 15.4. The quantitative estimate of drug-likeness (QED) is 0.0899. The summed E-state index contributed by atoms with van der Waals surface area (Å²) < 4.78 is 17.6. The normalized spacial score (nSPS) is 32.5. The first-order chi connectivity index (χ1) is 24.0. The van der Waals surface area contributed by atoms with E-state index in [1.54, 1.807) is 49.1 Å². The number of allylic oxidation sites excluding steroid dienone is 2. The van der Waals surface area contributed by atoms with Crippen LogP contribution in [-0.2, 0) is 19.0 Å². The molecular formula is C39H67N3O9. The van der Waals surface area contributed by atoms with Crippen molar-refractivity contribution in [2.75, 3.05) is 52.4 Å². The molecule has 2 fully saturated rings. The van der Waals surface area contributed by atoms with Crippen LogP contribution in [-0.4, -0.2) is 147 Å². The summed E-state index contributed by atoms with van der Waals surface area (Å²) in [4.78, 5) is 32.7. The lowest BCUT2D eigenvalue weighted by Crippen LogP contribution is -2.52. The molecule has 0 aliphatic carbocycles. The maximum atomic E-state index is 13.4. The van der Waals surface area contributed by atoms with Gasteiger partial charge in [-0.1, -0.05) is 58.9 Å². The molecule has 12 heteroatoms. The molecule has 0 saturated carbocycles. The van der Waals surface area contributed by atoms with Gasteiger partial charge in [0.2, 0.25) is 0 Å². The summed E-state index contributed by atoms with van der Waals surface area (Å²) in [6.07, 6.45) is 5.73. The predicted molar refractivity (Wildman–Crippen MR) is 197 cm³/mol. The van der Waals surface area contributed by atoms with Gasteiger partial charge in [0, 0.05) is 57.5 Å². The van der Waals surface area contributed by atoms with E-state index in [-0.39, 0.29) is 43.3 Å². The van der Waals surface area contributed by atoms with Crippen molar-refractivity contribution < 1.29 is 44.2 Å². The standard InChI is InChI=1S/C39H67N3O9/c1-9-31(44)29(6)36-32(49-36)26-38(7,47)17-12-13-27(4)35-28(5)14-15-33(39(8,48)18-16-30(43)25-34(45)51-35)50-37(46)42-23-21-41(22-24-42)20-19-40(10-2)11-3/h12-15,17,28-33,35-36,43-44,47-48H,9-11,16,18-26H2,1-8H3. The Bertz CT molecular complexity index is 1190. The van der Waals surface area contributed by atoms with E-state index in [1.807, 2.05) is 27.7 Å². The summed E-state index contributed by atoms with van der Waals surface area (Å²) in [6, 6.07) is 0. The van der Waals surface area contributed by atoms with Crippen LogP contribution in [0, 0.1) is 11.8 Å². The predicted octanol–water partition coefficient (Wildman–Crippen LogP) is 3.67. The number of hydrogen-bond donors (Lipinski definition) is 4. The number of aliphatic hydroxyl groups excluding tert-OH is 2. The van der Waals surface area contributed by atoms with Crippen LogP contribution in [0.2, 0.25) is 0 Å². The molecule has 4 N–H and O–H groups in total.